The predicted molar refractivity (Wildman–Crippen MR) is 83.2 cm³/mol. The maximum Gasteiger partial charge on any atom is 0.135 e. The fourth-order valence-electron chi connectivity index (χ4n) is 1.84. The first kappa shape index (κ1) is 13.1. The number of hydrogen-bond acceptors (Lipinski definition) is 3. The number of nitrogens with one attached hydrogen (secondary N) is 1. The van der Waals surface area contributed by atoms with Crippen molar-refractivity contribution in [2.24, 2.45) is 0 Å². The SMILES string of the molecule is Brc1ccc(CNc2cc(Br)nc(C3CC3)n2)cc1. The molecule has 1 saturated carbocycles. The van der Waals surface area contributed by atoms with Crippen LogP contribution < -0.4 is 5.32 Å². The average Bonchev–Trinajstić information content (AvgIpc) is 3.22. The van der Waals surface area contributed by atoms with Crippen molar-refractivity contribution in [2.45, 2.75) is 25.3 Å². The summed E-state index contributed by atoms with van der Waals surface area (Å²) in [7, 11) is 0. The van der Waals surface area contributed by atoms with Crippen LogP contribution in [0.1, 0.15) is 30.1 Å². The van der Waals surface area contributed by atoms with Gasteiger partial charge < -0.3 is 5.32 Å². The van der Waals surface area contributed by atoms with Crippen molar-refractivity contribution in [3.05, 3.63) is 50.8 Å². The van der Waals surface area contributed by atoms with Crippen molar-refractivity contribution < 1.29 is 0 Å². The van der Waals surface area contributed by atoms with Crippen LogP contribution in [0.2, 0.25) is 0 Å². The van der Waals surface area contributed by atoms with Crippen molar-refractivity contribution in [1.29, 1.82) is 0 Å². The van der Waals surface area contributed by atoms with Gasteiger partial charge in [0, 0.05) is 23.0 Å². The average molecular weight is 383 g/mol. The van der Waals surface area contributed by atoms with E-state index in [-0.39, 0.29) is 0 Å². The molecule has 1 aliphatic carbocycles. The smallest absolute Gasteiger partial charge is 0.135 e. The first-order chi connectivity index (χ1) is 9.20. The van der Waals surface area contributed by atoms with Crippen molar-refractivity contribution in [1.82, 2.24) is 9.97 Å². The fraction of sp³-hybridized carbons (Fsp3) is 0.286. The fourth-order valence-corrected chi connectivity index (χ4v) is 2.51. The molecule has 2 aromatic rings. The van der Waals surface area contributed by atoms with Crippen LogP contribution in [-0.2, 0) is 6.54 Å². The summed E-state index contributed by atoms with van der Waals surface area (Å²) in [5.41, 5.74) is 1.23. The molecule has 0 atom stereocenters. The zero-order valence-electron chi connectivity index (χ0n) is 10.2. The van der Waals surface area contributed by atoms with Gasteiger partial charge in [0.1, 0.15) is 16.2 Å². The van der Waals surface area contributed by atoms with E-state index < -0.39 is 0 Å². The topological polar surface area (TPSA) is 37.8 Å². The van der Waals surface area contributed by atoms with Gasteiger partial charge in [0.15, 0.2) is 0 Å². The van der Waals surface area contributed by atoms with E-state index in [4.69, 9.17) is 0 Å². The molecule has 19 heavy (non-hydrogen) atoms. The summed E-state index contributed by atoms with van der Waals surface area (Å²) in [6, 6.07) is 10.2. The molecule has 0 spiro atoms. The highest BCUT2D eigenvalue weighted by Gasteiger charge is 2.27. The molecule has 0 saturated heterocycles. The number of hydrogen-bond donors (Lipinski definition) is 1. The summed E-state index contributed by atoms with van der Waals surface area (Å²) in [4.78, 5) is 8.99. The van der Waals surface area contributed by atoms with E-state index in [9.17, 15) is 0 Å². The Balaban J connectivity index is 1.70. The van der Waals surface area contributed by atoms with E-state index in [0.717, 1.165) is 27.3 Å². The summed E-state index contributed by atoms with van der Waals surface area (Å²) >= 11 is 6.88. The van der Waals surface area contributed by atoms with Crippen LogP contribution in [0.25, 0.3) is 0 Å². The number of anilines is 1. The highest BCUT2D eigenvalue weighted by Crippen LogP contribution is 2.38. The second-order valence-electron chi connectivity index (χ2n) is 4.69. The van der Waals surface area contributed by atoms with E-state index in [1.807, 2.05) is 18.2 Å². The van der Waals surface area contributed by atoms with Gasteiger partial charge in [-0.3, -0.25) is 0 Å². The van der Waals surface area contributed by atoms with Crippen molar-refractivity contribution >= 4 is 37.7 Å². The summed E-state index contributed by atoms with van der Waals surface area (Å²) in [6.45, 7) is 0.765. The van der Waals surface area contributed by atoms with Crippen LogP contribution >= 0.6 is 31.9 Å². The van der Waals surface area contributed by atoms with Crippen molar-refractivity contribution in [3.8, 4) is 0 Å². The lowest BCUT2D eigenvalue weighted by atomic mass is 10.2. The van der Waals surface area contributed by atoms with Gasteiger partial charge in [0.05, 0.1) is 0 Å². The number of halogens is 2. The summed E-state index contributed by atoms with van der Waals surface area (Å²) in [6.07, 6.45) is 2.42. The molecule has 0 bridgehead atoms. The number of aromatic nitrogens is 2. The first-order valence-corrected chi connectivity index (χ1v) is 7.82. The van der Waals surface area contributed by atoms with Gasteiger partial charge in [-0.2, -0.15) is 0 Å². The van der Waals surface area contributed by atoms with Crippen LogP contribution in [0, 0.1) is 0 Å². The number of rotatable bonds is 4. The molecule has 1 fully saturated rings. The van der Waals surface area contributed by atoms with E-state index in [0.29, 0.717) is 5.92 Å². The van der Waals surface area contributed by atoms with E-state index in [2.05, 4.69) is 59.3 Å². The summed E-state index contributed by atoms with van der Waals surface area (Å²) in [5.74, 6) is 2.39. The second kappa shape index (κ2) is 5.59. The monoisotopic (exact) mass is 381 g/mol. The second-order valence-corrected chi connectivity index (χ2v) is 6.42. The minimum absolute atomic E-state index is 0.561. The maximum absolute atomic E-state index is 4.57. The minimum Gasteiger partial charge on any atom is -0.366 e. The van der Waals surface area contributed by atoms with Crippen LogP contribution in [-0.4, -0.2) is 9.97 Å². The number of nitrogens with zero attached hydrogens (tertiary/aromatic N) is 2. The van der Waals surface area contributed by atoms with Crippen molar-refractivity contribution in [2.75, 3.05) is 5.32 Å². The maximum atomic E-state index is 4.57. The Hall–Kier alpha value is -0.940. The third kappa shape index (κ3) is 3.54. The highest BCUT2D eigenvalue weighted by molar-refractivity contribution is 9.10. The molecule has 0 aliphatic heterocycles. The number of benzene rings is 1. The third-order valence-electron chi connectivity index (χ3n) is 3.04. The summed E-state index contributed by atoms with van der Waals surface area (Å²) < 4.78 is 1.94. The standard InChI is InChI=1S/C14H13Br2N3/c15-11-5-1-9(2-6-11)8-17-13-7-12(16)18-14(19-13)10-3-4-10/h1-2,5-7,10H,3-4,8H2,(H,17,18,19). The van der Waals surface area contributed by atoms with Gasteiger partial charge in [0.25, 0.3) is 0 Å². The highest BCUT2D eigenvalue weighted by atomic mass is 79.9. The molecular weight excluding hydrogens is 370 g/mol. The molecule has 3 nitrogen and oxygen atoms in total. The van der Waals surface area contributed by atoms with Crippen LogP contribution in [0.3, 0.4) is 0 Å². The Labute approximate surface area is 129 Å². The van der Waals surface area contributed by atoms with Crippen LogP contribution in [0.15, 0.2) is 39.4 Å². The molecule has 98 valence electrons. The third-order valence-corrected chi connectivity index (χ3v) is 3.98. The minimum atomic E-state index is 0.561. The Morgan fingerprint density at radius 2 is 1.84 bits per heavy atom. The molecule has 1 aromatic heterocycles. The van der Waals surface area contributed by atoms with Crippen LogP contribution in [0.4, 0.5) is 5.82 Å². The van der Waals surface area contributed by atoms with E-state index >= 15 is 0 Å². The van der Waals surface area contributed by atoms with Crippen LogP contribution in [0.5, 0.6) is 0 Å². The Morgan fingerprint density at radius 1 is 1.11 bits per heavy atom. The molecule has 0 radical (unpaired) electrons. The molecule has 1 heterocycles. The molecule has 0 amide bonds. The predicted octanol–water partition coefficient (Wildman–Crippen LogP) is 4.49. The van der Waals surface area contributed by atoms with E-state index in [1.165, 1.54) is 18.4 Å². The molecule has 1 N–H and O–H groups in total. The largest absolute Gasteiger partial charge is 0.366 e. The molecule has 1 aromatic carbocycles. The molecule has 3 rings (SSSR count). The van der Waals surface area contributed by atoms with Gasteiger partial charge in [-0.15, -0.1) is 0 Å². The lowest BCUT2D eigenvalue weighted by Gasteiger charge is -2.08. The van der Waals surface area contributed by atoms with Gasteiger partial charge in [-0.25, -0.2) is 9.97 Å². The van der Waals surface area contributed by atoms with Gasteiger partial charge >= 0.3 is 0 Å². The van der Waals surface area contributed by atoms with E-state index in [1.54, 1.807) is 0 Å². The lowest BCUT2D eigenvalue weighted by Crippen LogP contribution is -2.04. The molecule has 0 unspecified atom stereocenters. The first-order valence-electron chi connectivity index (χ1n) is 6.23. The summed E-state index contributed by atoms with van der Waals surface area (Å²) in [5, 5.41) is 3.35. The zero-order chi connectivity index (χ0) is 13.2. The molecular formula is C14H13Br2N3. The van der Waals surface area contributed by atoms with Gasteiger partial charge in [-0.1, -0.05) is 28.1 Å². The zero-order valence-corrected chi connectivity index (χ0v) is 13.4. The van der Waals surface area contributed by atoms with Crippen molar-refractivity contribution in [3.63, 3.8) is 0 Å². The quantitative estimate of drug-likeness (QED) is 0.791. The molecule has 1 aliphatic rings. The Bertz CT molecular complexity index is 580. The Kier molecular flexibility index (Phi) is 3.84. The lowest BCUT2D eigenvalue weighted by molar-refractivity contribution is 0.910. The molecule has 5 heteroatoms. The normalized spacial score (nSPS) is 14.4. The van der Waals surface area contributed by atoms with Gasteiger partial charge in [-0.05, 0) is 46.5 Å². The Morgan fingerprint density at radius 3 is 2.53 bits per heavy atom. The van der Waals surface area contributed by atoms with Gasteiger partial charge in [0.2, 0.25) is 0 Å².